The number of nitrogens with zero attached hydrogens (tertiary/aromatic N) is 3. The van der Waals surface area contributed by atoms with E-state index in [0.29, 0.717) is 25.9 Å². The number of fused-ring (bicyclic) bond motifs is 1. The van der Waals surface area contributed by atoms with Gasteiger partial charge in [0.05, 0.1) is 6.20 Å². The summed E-state index contributed by atoms with van der Waals surface area (Å²) in [6.07, 6.45) is 4.79. The first kappa shape index (κ1) is 16.0. The van der Waals surface area contributed by atoms with Crippen molar-refractivity contribution in [2.45, 2.75) is 26.3 Å². The summed E-state index contributed by atoms with van der Waals surface area (Å²) in [4.78, 5) is 25.7. The zero-order chi connectivity index (χ0) is 17.1. The van der Waals surface area contributed by atoms with E-state index in [9.17, 15) is 9.59 Å². The fourth-order valence-corrected chi connectivity index (χ4v) is 2.91. The number of carbonyl (C=O) groups is 2. The quantitative estimate of drug-likeness (QED) is 0.902. The molecule has 2 N–H and O–H groups in total. The molecule has 1 aliphatic heterocycles. The van der Waals surface area contributed by atoms with Crippen molar-refractivity contribution < 1.29 is 9.59 Å². The van der Waals surface area contributed by atoms with Gasteiger partial charge in [-0.15, -0.1) is 0 Å². The molecule has 0 saturated heterocycles. The molecule has 1 aliphatic rings. The summed E-state index contributed by atoms with van der Waals surface area (Å²) in [5.41, 5.74) is 3.69. The monoisotopic (exact) mass is 327 g/mol. The minimum absolute atomic E-state index is 0.153. The van der Waals surface area contributed by atoms with Crippen LogP contribution in [0.1, 0.15) is 24.5 Å². The van der Waals surface area contributed by atoms with E-state index in [-0.39, 0.29) is 11.9 Å². The topological polar surface area (TPSA) is 79.3 Å². The van der Waals surface area contributed by atoms with E-state index in [0.717, 1.165) is 22.5 Å². The van der Waals surface area contributed by atoms with Crippen LogP contribution in [-0.4, -0.2) is 28.3 Å². The average Bonchev–Trinajstić information content (AvgIpc) is 2.98. The number of aromatic nitrogens is 2. The Balaban J connectivity index is 1.63. The third kappa shape index (κ3) is 3.40. The maximum atomic E-state index is 12.0. The van der Waals surface area contributed by atoms with Gasteiger partial charge in [0.2, 0.25) is 5.91 Å². The lowest BCUT2D eigenvalue weighted by molar-refractivity contribution is -0.118. The molecule has 126 valence electrons. The van der Waals surface area contributed by atoms with Crippen LogP contribution in [0, 0.1) is 0 Å². The van der Waals surface area contributed by atoms with Crippen LogP contribution < -0.4 is 15.5 Å². The highest BCUT2D eigenvalue weighted by atomic mass is 16.2. The van der Waals surface area contributed by atoms with E-state index < -0.39 is 0 Å². The summed E-state index contributed by atoms with van der Waals surface area (Å²) in [6.45, 7) is 3.04. The Labute approximate surface area is 140 Å². The van der Waals surface area contributed by atoms with Crippen LogP contribution >= 0.6 is 0 Å². The number of hydrogen-bond acceptors (Lipinski definition) is 3. The predicted octanol–water partition coefficient (Wildman–Crippen LogP) is 2.04. The molecule has 0 radical (unpaired) electrons. The molecule has 1 aromatic carbocycles. The molecule has 0 bridgehead atoms. The molecule has 7 nitrogen and oxygen atoms in total. The molecule has 2 aromatic rings. The second kappa shape index (κ2) is 6.74. The zero-order valence-electron chi connectivity index (χ0n) is 13.9. The molecule has 1 aromatic heterocycles. The van der Waals surface area contributed by atoms with Gasteiger partial charge in [0.1, 0.15) is 0 Å². The molecule has 24 heavy (non-hydrogen) atoms. The number of anilines is 2. The van der Waals surface area contributed by atoms with Crippen molar-refractivity contribution in [3.63, 3.8) is 0 Å². The number of nitrogens with one attached hydrogen (secondary N) is 2. The fraction of sp³-hybridized carbons (Fsp3) is 0.353. The van der Waals surface area contributed by atoms with Gasteiger partial charge in [0.15, 0.2) is 0 Å². The van der Waals surface area contributed by atoms with E-state index in [1.807, 2.05) is 38.4 Å². The second-order valence-electron chi connectivity index (χ2n) is 5.81. The molecule has 0 spiro atoms. The van der Waals surface area contributed by atoms with Gasteiger partial charge in [-0.1, -0.05) is 0 Å². The number of carbonyl (C=O) groups excluding carboxylic acids is 2. The predicted molar refractivity (Wildman–Crippen MR) is 91.9 cm³/mol. The van der Waals surface area contributed by atoms with Gasteiger partial charge in [-0.05, 0) is 37.1 Å². The minimum atomic E-state index is -0.266. The van der Waals surface area contributed by atoms with E-state index in [2.05, 4.69) is 15.7 Å². The molecule has 3 rings (SSSR count). The SMILES string of the molecule is CCN1C(=O)CCc2cc(NC(=O)NCc3cnn(C)c3)ccc21. The van der Waals surface area contributed by atoms with Crippen LogP contribution in [0.15, 0.2) is 30.6 Å². The van der Waals surface area contributed by atoms with E-state index in [4.69, 9.17) is 0 Å². The van der Waals surface area contributed by atoms with Gasteiger partial charge < -0.3 is 15.5 Å². The normalized spacial score (nSPS) is 13.6. The van der Waals surface area contributed by atoms with E-state index >= 15 is 0 Å². The van der Waals surface area contributed by atoms with Crippen LogP contribution in [0.4, 0.5) is 16.2 Å². The zero-order valence-corrected chi connectivity index (χ0v) is 13.9. The molecule has 0 atom stereocenters. The Bertz CT molecular complexity index is 768. The van der Waals surface area contributed by atoms with Crippen LogP contribution in [0.2, 0.25) is 0 Å². The van der Waals surface area contributed by atoms with E-state index in [1.54, 1.807) is 15.8 Å². The van der Waals surface area contributed by atoms with Gasteiger partial charge >= 0.3 is 6.03 Å². The number of urea groups is 1. The average molecular weight is 327 g/mol. The molecule has 0 fully saturated rings. The molecule has 3 amide bonds. The van der Waals surface area contributed by atoms with E-state index in [1.165, 1.54) is 0 Å². The number of rotatable bonds is 4. The largest absolute Gasteiger partial charge is 0.334 e. The van der Waals surface area contributed by atoms with Crippen molar-refractivity contribution in [1.82, 2.24) is 15.1 Å². The Morgan fingerprint density at radius 3 is 2.88 bits per heavy atom. The third-order valence-electron chi connectivity index (χ3n) is 4.07. The first-order valence-electron chi connectivity index (χ1n) is 8.02. The highest BCUT2D eigenvalue weighted by Crippen LogP contribution is 2.30. The van der Waals surface area contributed by atoms with Crippen LogP contribution in [0.3, 0.4) is 0 Å². The first-order valence-corrected chi connectivity index (χ1v) is 8.02. The van der Waals surface area contributed by atoms with Crippen molar-refractivity contribution in [2.24, 2.45) is 7.05 Å². The molecular weight excluding hydrogens is 306 g/mol. The molecular formula is C17H21N5O2. The first-order chi connectivity index (χ1) is 11.6. The maximum absolute atomic E-state index is 12.0. The Kier molecular flexibility index (Phi) is 4.50. The minimum Gasteiger partial charge on any atom is -0.334 e. The Morgan fingerprint density at radius 2 is 2.17 bits per heavy atom. The number of hydrogen-bond donors (Lipinski definition) is 2. The summed E-state index contributed by atoms with van der Waals surface area (Å²) in [7, 11) is 1.83. The summed E-state index contributed by atoms with van der Waals surface area (Å²) < 4.78 is 1.69. The smallest absolute Gasteiger partial charge is 0.319 e. The molecule has 0 unspecified atom stereocenters. The molecule has 0 saturated carbocycles. The highest BCUT2D eigenvalue weighted by molar-refractivity contribution is 5.97. The highest BCUT2D eigenvalue weighted by Gasteiger charge is 2.22. The van der Waals surface area contributed by atoms with Gasteiger partial charge in [0, 0.05) is 49.7 Å². The number of amides is 3. The standard InChI is InChI=1S/C17H21N5O2/c1-3-22-15-6-5-14(8-13(15)4-7-16(22)23)20-17(24)18-9-12-10-19-21(2)11-12/h5-6,8,10-11H,3-4,7,9H2,1-2H3,(H2,18,20,24). The van der Waals surface area contributed by atoms with Crippen molar-refractivity contribution >= 4 is 23.3 Å². The van der Waals surface area contributed by atoms with Crippen LogP contribution in [0.5, 0.6) is 0 Å². The van der Waals surface area contributed by atoms with Crippen molar-refractivity contribution in [3.05, 3.63) is 41.7 Å². The molecule has 7 heteroatoms. The number of aryl methyl sites for hydroxylation is 2. The second-order valence-corrected chi connectivity index (χ2v) is 5.81. The third-order valence-corrected chi connectivity index (χ3v) is 4.07. The molecule has 2 heterocycles. The Hall–Kier alpha value is -2.83. The number of benzene rings is 1. The van der Waals surface area contributed by atoms with Crippen LogP contribution in [-0.2, 0) is 24.8 Å². The van der Waals surface area contributed by atoms with Crippen molar-refractivity contribution in [1.29, 1.82) is 0 Å². The summed E-state index contributed by atoms with van der Waals surface area (Å²) in [5, 5.41) is 9.69. The van der Waals surface area contributed by atoms with Crippen molar-refractivity contribution in [2.75, 3.05) is 16.8 Å². The van der Waals surface area contributed by atoms with Gasteiger partial charge in [0.25, 0.3) is 0 Å². The van der Waals surface area contributed by atoms with Gasteiger partial charge in [-0.2, -0.15) is 5.10 Å². The lowest BCUT2D eigenvalue weighted by Crippen LogP contribution is -2.35. The lowest BCUT2D eigenvalue weighted by atomic mass is 10.0. The lowest BCUT2D eigenvalue weighted by Gasteiger charge is -2.28. The molecule has 0 aliphatic carbocycles. The fourth-order valence-electron chi connectivity index (χ4n) is 2.91. The van der Waals surface area contributed by atoms with Gasteiger partial charge in [-0.25, -0.2) is 4.79 Å². The van der Waals surface area contributed by atoms with Gasteiger partial charge in [-0.3, -0.25) is 9.48 Å². The van der Waals surface area contributed by atoms with Crippen molar-refractivity contribution in [3.8, 4) is 0 Å². The van der Waals surface area contributed by atoms with Crippen LogP contribution in [0.25, 0.3) is 0 Å². The maximum Gasteiger partial charge on any atom is 0.319 e. The summed E-state index contributed by atoms with van der Waals surface area (Å²) >= 11 is 0. The summed E-state index contributed by atoms with van der Waals surface area (Å²) in [5.74, 6) is 0.153. The Morgan fingerprint density at radius 1 is 1.33 bits per heavy atom. The summed E-state index contributed by atoms with van der Waals surface area (Å²) in [6, 6.07) is 5.39.